The molecule has 0 saturated carbocycles. The van der Waals surface area contributed by atoms with Gasteiger partial charge in [-0.15, -0.1) is 0 Å². The molecule has 5 heteroatoms. The zero-order valence-electron chi connectivity index (χ0n) is 13.0. The Kier molecular flexibility index (Phi) is 8.57. The quantitative estimate of drug-likeness (QED) is 0.636. The Morgan fingerprint density at radius 2 is 1.71 bits per heavy atom. The molecule has 118 valence electrons. The van der Waals surface area contributed by atoms with E-state index in [9.17, 15) is 4.79 Å². The average molecular weight is 358 g/mol. The van der Waals surface area contributed by atoms with E-state index in [4.69, 9.17) is 9.47 Å². The van der Waals surface area contributed by atoms with Crippen LogP contribution in [0.4, 0.5) is 0 Å². The molecule has 1 amide bonds. The monoisotopic (exact) mass is 357 g/mol. The minimum Gasteiger partial charge on any atom is -0.380 e. The van der Waals surface area contributed by atoms with Crippen LogP contribution >= 0.6 is 15.9 Å². The van der Waals surface area contributed by atoms with E-state index in [1.165, 1.54) is 0 Å². The Bertz CT molecular complexity index is 441. The molecule has 0 radical (unpaired) electrons. The summed E-state index contributed by atoms with van der Waals surface area (Å²) in [5.74, 6) is 0.0215. The van der Waals surface area contributed by atoms with Crippen LogP contribution in [0.5, 0.6) is 0 Å². The number of aryl methyl sites for hydroxylation is 1. The number of hydrogen-bond acceptors (Lipinski definition) is 3. The third-order valence-corrected chi connectivity index (χ3v) is 3.63. The van der Waals surface area contributed by atoms with Crippen LogP contribution in [0.2, 0.25) is 0 Å². The van der Waals surface area contributed by atoms with Gasteiger partial charge in [0, 0.05) is 36.3 Å². The molecule has 1 rings (SSSR count). The average Bonchev–Trinajstić information content (AvgIpc) is 2.48. The lowest BCUT2D eigenvalue weighted by atomic mass is 10.1. The van der Waals surface area contributed by atoms with E-state index in [-0.39, 0.29) is 5.91 Å². The van der Waals surface area contributed by atoms with Crippen molar-refractivity contribution in [1.82, 2.24) is 4.90 Å². The van der Waals surface area contributed by atoms with Gasteiger partial charge in [0.15, 0.2) is 0 Å². The minimum absolute atomic E-state index is 0.0215. The van der Waals surface area contributed by atoms with Crippen LogP contribution in [0, 0.1) is 6.92 Å². The lowest BCUT2D eigenvalue weighted by molar-refractivity contribution is 0.0549. The minimum atomic E-state index is 0.0215. The van der Waals surface area contributed by atoms with E-state index >= 15 is 0 Å². The molecule has 0 saturated heterocycles. The van der Waals surface area contributed by atoms with Crippen LogP contribution in [-0.2, 0) is 9.47 Å². The fourth-order valence-electron chi connectivity index (χ4n) is 1.95. The van der Waals surface area contributed by atoms with Gasteiger partial charge >= 0.3 is 0 Å². The summed E-state index contributed by atoms with van der Waals surface area (Å²) in [6.45, 7) is 9.39. The molecular weight excluding hydrogens is 334 g/mol. The summed E-state index contributed by atoms with van der Waals surface area (Å²) in [6, 6.07) is 5.75. The second-order valence-corrected chi connectivity index (χ2v) is 5.56. The van der Waals surface area contributed by atoms with Crippen LogP contribution in [0.1, 0.15) is 29.8 Å². The highest BCUT2D eigenvalue weighted by molar-refractivity contribution is 9.10. The second-order valence-electron chi connectivity index (χ2n) is 4.65. The van der Waals surface area contributed by atoms with Crippen molar-refractivity contribution >= 4 is 21.8 Å². The number of ether oxygens (including phenoxy) is 2. The maximum atomic E-state index is 12.7. The van der Waals surface area contributed by atoms with Gasteiger partial charge < -0.3 is 14.4 Å². The van der Waals surface area contributed by atoms with Crippen molar-refractivity contribution in [3.05, 3.63) is 33.8 Å². The molecule has 1 aromatic rings. The number of carbonyl (C=O) groups is 1. The molecule has 21 heavy (non-hydrogen) atoms. The van der Waals surface area contributed by atoms with Crippen molar-refractivity contribution in [3.63, 3.8) is 0 Å². The van der Waals surface area contributed by atoms with Crippen molar-refractivity contribution in [2.45, 2.75) is 20.8 Å². The molecule has 0 spiro atoms. The zero-order chi connectivity index (χ0) is 15.7. The fourth-order valence-corrected chi connectivity index (χ4v) is 2.31. The lowest BCUT2D eigenvalue weighted by Crippen LogP contribution is -2.37. The fraction of sp³-hybridized carbons (Fsp3) is 0.562. The number of rotatable bonds is 9. The van der Waals surface area contributed by atoms with Crippen molar-refractivity contribution in [2.75, 3.05) is 39.5 Å². The van der Waals surface area contributed by atoms with Gasteiger partial charge in [0.2, 0.25) is 0 Å². The number of nitrogens with zero attached hydrogens (tertiary/aromatic N) is 1. The molecule has 0 N–H and O–H groups in total. The third kappa shape index (κ3) is 6.16. The van der Waals surface area contributed by atoms with Crippen LogP contribution in [0.15, 0.2) is 22.7 Å². The molecule has 0 aromatic heterocycles. The third-order valence-electron chi connectivity index (χ3n) is 3.14. The summed E-state index contributed by atoms with van der Waals surface area (Å²) in [7, 11) is 0. The number of hydrogen-bond donors (Lipinski definition) is 0. The van der Waals surface area contributed by atoms with Crippen molar-refractivity contribution in [2.24, 2.45) is 0 Å². The topological polar surface area (TPSA) is 38.8 Å². The van der Waals surface area contributed by atoms with Crippen LogP contribution in [0.3, 0.4) is 0 Å². The molecule has 0 aliphatic rings. The van der Waals surface area contributed by atoms with Crippen molar-refractivity contribution < 1.29 is 14.3 Å². The van der Waals surface area contributed by atoms with E-state index in [2.05, 4.69) is 15.9 Å². The maximum absolute atomic E-state index is 12.7. The molecule has 0 heterocycles. The first-order valence-electron chi connectivity index (χ1n) is 7.31. The van der Waals surface area contributed by atoms with Crippen LogP contribution in [-0.4, -0.2) is 50.3 Å². The zero-order valence-corrected chi connectivity index (χ0v) is 14.6. The summed E-state index contributed by atoms with van der Waals surface area (Å²) in [6.07, 6.45) is 0. The highest BCUT2D eigenvalue weighted by Gasteiger charge is 2.17. The van der Waals surface area contributed by atoms with Gasteiger partial charge in [-0.3, -0.25) is 4.79 Å². The largest absolute Gasteiger partial charge is 0.380 e. The normalized spacial score (nSPS) is 10.7. The lowest BCUT2D eigenvalue weighted by Gasteiger charge is -2.23. The Morgan fingerprint density at radius 1 is 1.14 bits per heavy atom. The molecule has 0 bridgehead atoms. The van der Waals surface area contributed by atoms with E-state index in [0.717, 1.165) is 15.6 Å². The highest BCUT2D eigenvalue weighted by atomic mass is 79.9. The van der Waals surface area contributed by atoms with Gasteiger partial charge in [-0.1, -0.05) is 22.0 Å². The molecule has 0 aliphatic heterocycles. The first-order chi connectivity index (χ1) is 10.1. The molecular formula is C16H24BrNO3. The Balaban J connectivity index is 2.79. The summed E-state index contributed by atoms with van der Waals surface area (Å²) >= 11 is 3.42. The standard InChI is InChI=1S/C16H24BrNO3/c1-4-20-10-8-18(9-11-21-5-2)16(19)15-12-14(17)7-6-13(15)3/h6-7,12H,4-5,8-11H2,1-3H3. The number of amides is 1. The molecule has 0 aliphatic carbocycles. The molecule has 0 atom stereocenters. The maximum Gasteiger partial charge on any atom is 0.254 e. The van der Waals surface area contributed by atoms with Gasteiger partial charge in [-0.2, -0.15) is 0 Å². The van der Waals surface area contributed by atoms with Crippen LogP contribution < -0.4 is 0 Å². The van der Waals surface area contributed by atoms with Gasteiger partial charge in [0.1, 0.15) is 0 Å². The Hall–Kier alpha value is -0.910. The first-order valence-corrected chi connectivity index (χ1v) is 8.10. The van der Waals surface area contributed by atoms with Gasteiger partial charge in [-0.05, 0) is 38.5 Å². The van der Waals surface area contributed by atoms with Gasteiger partial charge in [0.25, 0.3) is 5.91 Å². The van der Waals surface area contributed by atoms with Crippen molar-refractivity contribution in [1.29, 1.82) is 0 Å². The van der Waals surface area contributed by atoms with E-state index < -0.39 is 0 Å². The van der Waals surface area contributed by atoms with Gasteiger partial charge in [-0.25, -0.2) is 0 Å². The molecule has 1 aromatic carbocycles. The smallest absolute Gasteiger partial charge is 0.254 e. The van der Waals surface area contributed by atoms with Crippen LogP contribution in [0.25, 0.3) is 0 Å². The Morgan fingerprint density at radius 3 is 2.24 bits per heavy atom. The number of halogens is 1. The molecule has 0 unspecified atom stereocenters. The summed E-state index contributed by atoms with van der Waals surface area (Å²) in [4.78, 5) is 14.5. The van der Waals surface area contributed by atoms with Crippen molar-refractivity contribution in [3.8, 4) is 0 Å². The first kappa shape index (κ1) is 18.1. The number of benzene rings is 1. The molecule has 4 nitrogen and oxygen atoms in total. The Labute approximate surface area is 135 Å². The van der Waals surface area contributed by atoms with E-state index in [1.807, 2.05) is 39.0 Å². The second kappa shape index (κ2) is 9.92. The van der Waals surface area contributed by atoms with Gasteiger partial charge in [0.05, 0.1) is 13.2 Å². The SMILES string of the molecule is CCOCCN(CCOCC)C(=O)c1cc(Br)ccc1C. The molecule has 0 fully saturated rings. The summed E-state index contributed by atoms with van der Waals surface area (Å²) in [5.41, 5.74) is 1.69. The predicted molar refractivity (Wildman–Crippen MR) is 87.8 cm³/mol. The summed E-state index contributed by atoms with van der Waals surface area (Å²) in [5, 5.41) is 0. The van der Waals surface area contributed by atoms with E-state index in [1.54, 1.807) is 4.90 Å². The predicted octanol–water partition coefficient (Wildman–Crippen LogP) is 3.27. The summed E-state index contributed by atoms with van der Waals surface area (Å²) < 4.78 is 11.6. The van der Waals surface area contributed by atoms with E-state index in [0.29, 0.717) is 39.5 Å². The highest BCUT2D eigenvalue weighted by Crippen LogP contribution is 2.17. The number of carbonyl (C=O) groups excluding carboxylic acids is 1.